The smallest absolute Gasteiger partial charge is 0.226 e. The molecule has 0 aliphatic carbocycles. The number of nitrogens with one attached hydrogen (secondary N) is 2. The fourth-order valence-electron chi connectivity index (χ4n) is 3.22. The summed E-state index contributed by atoms with van der Waals surface area (Å²) in [6, 6.07) is 17.6. The molecule has 0 saturated carbocycles. The maximum absolute atomic E-state index is 5.53. The highest BCUT2D eigenvalue weighted by atomic mass is 16.7. The highest BCUT2D eigenvalue weighted by Crippen LogP contribution is 2.27. The van der Waals surface area contributed by atoms with E-state index in [0.29, 0.717) is 30.6 Å². The van der Waals surface area contributed by atoms with E-state index in [9.17, 15) is 0 Å². The van der Waals surface area contributed by atoms with Gasteiger partial charge >= 0.3 is 0 Å². The average Bonchev–Trinajstić information content (AvgIpc) is 3.26. The van der Waals surface area contributed by atoms with Crippen LogP contribution in [0.1, 0.15) is 6.92 Å². The van der Waals surface area contributed by atoms with Crippen LogP contribution in [0.4, 0.5) is 17.5 Å². The molecule has 32 heavy (non-hydrogen) atoms. The molecule has 4 aromatic rings. The summed E-state index contributed by atoms with van der Waals surface area (Å²) in [5, 5.41) is 11.9. The van der Waals surface area contributed by atoms with Gasteiger partial charge in [-0.25, -0.2) is 4.68 Å². The van der Waals surface area contributed by atoms with Gasteiger partial charge in [-0.1, -0.05) is 18.2 Å². The lowest BCUT2D eigenvalue weighted by Crippen LogP contribution is -2.24. The van der Waals surface area contributed by atoms with Gasteiger partial charge in [-0.15, -0.1) is 0 Å². The zero-order valence-electron chi connectivity index (χ0n) is 18.3. The van der Waals surface area contributed by atoms with Crippen molar-refractivity contribution in [1.29, 1.82) is 0 Å². The van der Waals surface area contributed by atoms with Crippen molar-refractivity contribution in [2.24, 2.45) is 0 Å². The monoisotopic (exact) mass is 434 g/mol. The number of nitrogens with zero attached hydrogens (tertiary/aromatic N) is 4. The number of hydrogen-bond donors (Lipinski definition) is 2. The van der Waals surface area contributed by atoms with E-state index in [1.54, 1.807) is 25.1 Å². The lowest BCUT2D eigenvalue weighted by atomic mass is 10.3. The molecule has 4 rings (SSSR count). The van der Waals surface area contributed by atoms with Gasteiger partial charge in [-0.05, 0) is 43.3 Å². The van der Waals surface area contributed by atoms with Crippen molar-refractivity contribution >= 4 is 28.5 Å². The van der Waals surface area contributed by atoms with Crippen LogP contribution in [0.15, 0.2) is 60.8 Å². The number of para-hydroxylation sites is 1. The number of hydrogen-bond acceptors (Lipinski definition) is 8. The van der Waals surface area contributed by atoms with E-state index in [2.05, 4.69) is 20.7 Å². The molecule has 0 spiro atoms. The summed E-state index contributed by atoms with van der Waals surface area (Å²) >= 11 is 0. The standard InChI is InChI=1S/C23H26N6O3/c1-4-32-18-12-10-16(11-13-18)26-21-19-14-25-29(17-8-6-5-7-9-17)22(19)28-23(27-21)24-15-20(30-2)31-3/h5-14,20H,4,15H2,1-3H3,(H2,24,26,27,28). The minimum absolute atomic E-state index is 0.389. The molecule has 2 aromatic heterocycles. The van der Waals surface area contributed by atoms with Gasteiger partial charge in [0.15, 0.2) is 11.9 Å². The highest BCUT2D eigenvalue weighted by molar-refractivity contribution is 5.90. The van der Waals surface area contributed by atoms with Crippen molar-refractivity contribution in [3.63, 3.8) is 0 Å². The maximum Gasteiger partial charge on any atom is 0.226 e. The molecule has 9 nitrogen and oxygen atoms in total. The molecule has 0 radical (unpaired) electrons. The fourth-order valence-corrected chi connectivity index (χ4v) is 3.22. The summed E-state index contributed by atoms with van der Waals surface area (Å²) in [6.45, 7) is 2.97. The van der Waals surface area contributed by atoms with E-state index in [0.717, 1.165) is 22.5 Å². The summed E-state index contributed by atoms with van der Waals surface area (Å²) in [7, 11) is 3.17. The number of methoxy groups -OCH3 is 2. The Balaban J connectivity index is 1.71. The van der Waals surface area contributed by atoms with Crippen molar-refractivity contribution in [2.75, 3.05) is 38.0 Å². The molecular formula is C23H26N6O3. The molecule has 2 N–H and O–H groups in total. The Bertz CT molecular complexity index is 1140. The first-order chi connectivity index (χ1) is 15.7. The zero-order valence-corrected chi connectivity index (χ0v) is 18.3. The lowest BCUT2D eigenvalue weighted by Gasteiger charge is -2.15. The molecule has 9 heteroatoms. The third kappa shape index (κ3) is 4.79. The zero-order chi connectivity index (χ0) is 22.3. The Morgan fingerprint density at radius 3 is 2.41 bits per heavy atom. The molecule has 166 valence electrons. The van der Waals surface area contributed by atoms with E-state index in [1.807, 2.05) is 61.5 Å². The molecule has 0 atom stereocenters. The van der Waals surface area contributed by atoms with Crippen LogP contribution >= 0.6 is 0 Å². The molecule has 2 aromatic carbocycles. The second-order valence-corrected chi connectivity index (χ2v) is 6.89. The second-order valence-electron chi connectivity index (χ2n) is 6.89. The van der Waals surface area contributed by atoms with Gasteiger partial charge in [-0.2, -0.15) is 15.1 Å². The fraction of sp³-hybridized carbons (Fsp3) is 0.261. The van der Waals surface area contributed by atoms with Crippen molar-refractivity contribution in [1.82, 2.24) is 19.7 Å². The first kappa shape index (κ1) is 21.5. The molecule has 0 amide bonds. The minimum Gasteiger partial charge on any atom is -0.494 e. The summed E-state index contributed by atoms with van der Waals surface area (Å²) in [6.07, 6.45) is 1.34. The van der Waals surface area contributed by atoms with Crippen LogP contribution in [0.3, 0.4) is 0 Å². The summed E-state index contributed by atoms with van der Waals surface area (Å²) in [5.74, 6) is 1.88. The van der Waals surface area contributed by atoms with Crippen LogP contribution in [0.2, 0.25) is 0 Å². The number of anilines is 3. The third-order valence-electron chi connectivity index (χ3n) is 4.81. The highest BCUT2D eigenvalue weighted by Gasteiger charge is 2.15. The van der Waals surface area contributed by atoms with Crippen LogP contribution in [-0.2, 0) is 9.47 Å². The second kappa shape index (κ2) is 10.1. The Morgan fingerprint density at radius 2 is 1.72 bits per heavy atom. The van der Waals surface area contributed by atoms with Gasteiger partial charge in [0.25, 0.3) is 0 Å². The van der Waals surface area contributed by atoms with Crippen molar-refractivity contribution in [3.05, 3.63) is 60.8 Å². The summed E-state index contributed by atoms with van der Waals surface area (Å²) in [4.78, 5) is 9.37. The number of aromatic nitrogens is 4. The minimum atomic E-state index is -0.421. The van der Waals surface area contributed by atoms with E-state index in [4.69, 9.17) is 19.2 Å². The van der Waals surface area contributed by atoms with E-state index < -0.39 is 6.29 Å². The van der Waals surface area contributed by atoms with Crippen molar-refractivity contribution < 1.29 is 14.2 Å². The molecule has 0 fully saturated rings. The topological polar surface area (TPSA) is 95.3 Å². The van der Waals surface area contributed by atoms with Gasteiger partial charge in [0.1, 0.15) is 11.6 Å². The number of benzene rings is 2. The SMILES string of the molecule is CCOc1ccc(Nc2nc(NCC(OC)OC)nc3c2cnn3-c2ccccc2)cc1. The lowest BCUT2D eigenvalue weighted by molar-refractivity contribution is -0.0914. The van der Waals surface area contributed by atoms with Crippen LogP contribution in [-0.4, -0.2) is 53.4 Å². The van der Waals surface area contributed by atoms with E-state index in [-0.39, 0.29) is 0 Å². The van der Waals surface area contributed by atoms with E-state index in [1.165, 1.54) is 0 Å². The number of rotatable bonds is 10. The van der Waals surface area contributed by atoms with Crippen molar-refractivity contribution in [3.8, 4) is 11.4 Å². The normalized spacial score (nSPS) is 11.1. The largest absolute Gasteiger partial charge is 0.494 e. The average molecular weight is 435 g/mol. The Labute approximate surface area is 186 Å². The Morgan fingerprint density at radius 1 is 0.969 bits per heavy atom. The quantitative estimate of drug-likeness (QED) is 0.362. The molecule has 2 heterocycles. The van der Waals surface area contributed by atoms with Crippen molar-refractivity contribution in [2.45, 2.75) is 13.2 Å². The molecule has 0 unspecified atom stereocenters. The Kier molecular flexibility index (Phi) is 6.78. The molecule has 0 aliphatic heterocycles. The van der Waals surface area contributed by atoms with E-state index >= 15 is 0 Å². The van der Waals surface area contributed by atoms with Crippen LogP contribution < -0.4 is 15.4 Å². The summed E-state index contributed by atoms with van der Waals surface area (Å²) < 4.78 is 17.8. The van der Waals surface area contributed by atoms with Gasteiger partial charge in [0.05, 0.1) is 30.4 Å². The van der Waals surface area contributed by atoms with Gasteiger partial charge in [-0.3, -0.25) is 0 Å². The molecule has 0 saturated heterocycles. The maximum atomic E-state index is 5.53. The first-order valence-electron chi connectivity index (χ1n) is 10.3. The van der Waals surface area contributed by atoms with Crippen LogP contribution in [0, 0.1) is 0 Å². The number of ether oxygens (including phenoxy) is 3. The number of fused-ring (bicyclic) bond motifs is 1. The first-order valence-corrected chi connectivity index (χ1v) is 10.3. The summed E-state index contributed by atoms with van der Waals surface area (Å²) in [5.41, 5.74) is 2.46. The Hall–Kier alpha value is -3.69. The van der Waals surface area contributed by atoms with Crippen LogP contribution in [0.5, 0.6) is 5.75 Å². The van der Waals surface area contributed by atoms with Gasteiger partial charge in [0, 0.05) is 19.9 Å². The van der Waals surface area contributed by atoms with Crippen LogP contribution in [0.25, 0.3) is 16.7 Å². The molecular weight excluding hydrogens is 408 g/mol. The van der Waals surface area contributed by atoms with Gasteiger partial charge in [0.2, 0.25) is 5.95 Å². The predicted octanol–water partition coefficient (Wildman–Crippen LogP) is 3.99. The van der Waals surface area contributed by atoms with Gasteiger partial charge < -0.3 is 24.8 Å². The predicted molar refractivity (Wildman–Crippen MR) is 124 cm³/mol. The third-order valence-corrected chi connectivity index (χ3v) is 4.81. The molecule has 0 aliphatic rings. The molecule has 0 bridgehead atoms.